The Morgan fingerprint density at radius 3 is 3.00 bits per heavy atom. The SMILES string of the molecule is COc1ccnc(CN2CCCC3(CCC(=O)N(C4CC4)C3)C2)c1. The smallest absolute Gasteiger partial charge is 0.222 e. The van der Waals surface area contributed by atoms with E-state index in [0.29, 0.717) is 17.4 Å². The van der Waals surface area contributed by atoms with Crippen LogP contribution in [0.3, 0.4) is 0 Å². The second-order valence-electron chi connectivity index (χ2n) is 7.75. The number of pyridine rings is 1. The first-order chi connectivity index (χ1) is 11.7. The predicted molar refractivity (Wildman–Crippen MR) is 91.7 cm³/mol. The first kappa shape index (κ1) is 15.9. The lowest BCUT2D eigenvalue weighted by Gasteiger charge is -2.48. The molecule has 3 heterocycles. The maximum Gasteiger partial charge on any atom is 0.222 e. The molecule has 3 aliphatic rings. The normalized spacial score (nSPS) is 28.4. The fourth-order valence-electron chi connectivity index (χ4n) is 4.44. The molecule has 2 saturated heterocycles. The Morgan fingerprint density at radius 2 is 2.21 bits per heavy atom. The van der Waals surface area contributed by atoms with Crippen molar-refractivity contribution >= 4 is 5.91 Å². The van der Waals surface area contributed by atoms with Gasteiger partial charge < -0.3 is 9.64 Å². The molecule has 5 heteroatoms. The van der Waals surface area contributed by atoms with Crippen LogP contribution in [0.2, 0.25) is 0 Å². The summed E-state index contributed by atoms with van der Waals surface area (Å²) in [6.07, 6.45) is 8.50. The van der Waals surface area contributed by atoms with Crippen molar-refractivity contribution in [2.24, 2.45) is 5.41 Å². The lowest BCUT2D eigenvalue weighted by atomic mass is 9.73. The number of rotatable bonds is 4. The van der Waals surface area contributed by atoms with E-state index in [9.17, 15) is 4.79 Å². The first-order valence-corrected chi connectivity index (χ1v) is 9.18. The number of likely N-dealkylation sites (tertiary alicyclic amines) is 2. The molecule has 24 heavy (non-hydrogen) atoms. The highest BCUT2D eigenvalue weighted by atomic mass is 16.5. The lowest BCUT2D eigenvalue weighted by molar-refractivity contribution is -0.140. The number of hydrogen-bond acceptors (Lipinski definition) is 4. The molecule has 5 nitrogen and oxygen atoms in total. The van der Waals surface area contributed by atoms with E-state index in [1.807, 2.05) is 18.3 Å². The van der Waals surface area contributed by atoms with E-state index in [2.05, 4.69) is 14.8 Å². The monoisotopic (exact) mass is 329 g/mol. The fraction of sp³-hybridized carbons (Fsp3) is 0.684. The fourth-order valence-corrected chi connectivity index (χ4v) is 4.44. The average molecular weight is 329 g/mol. The van der Waals surface area contributed by atoms with E-state index in [1.54, 1.807) is 7.11 Å². The van der Waals surface area contributed by atoms with Gasteiger partial charge in [-0.3, -0.25) is 14.7 Å². The standard InChI is InChI=1S/C19H27N3O2/c1-24-17-6-9-20-15(11-17)12-21-10-2-7-19(13-21)8-5-18(23)22(14-19)16-3-4-16/h6,9,11,16H,2-5,7-8,10,12-14H2,1H3. The molecule has 0 bridgehead atoms. The van der Waals surface area contributed by atoms with Gasteiger partial charge in [0.15, 0.2) is 0 Å². The van der Waals surface area contributed by atoms with Crippen LogP contribution >= 0.6 is 0 Å². The third-order valence-corrected chi connectivity index (χ3v) is 5.83. The largest absolute Gasteiger partial charge is 0.497 e. The minimum atomic E-state index is 0.299. The first-order valence-electron chi connectivity index (χ1n) is 9.18. The number of ether oxygens (including phenoxy) is 1. The van der Waals surface area contributed by atoms with Crippen LogP contribution in [0.5, 0.6) is 5.75 Å². The minimum absolute atomic E-state index is 0.299. The predicted octanol–water partition coefficient (Wildman–Crippen LogP) is 2.46. The van der Waals surface area contributed by atoms with Gasteiger partial charge in [0.2, 0.25) is 5.91 Å². The highest BCUT2D eigenvalue weighted by Crippen LogP contribution is 2.42. The molecule has 4 rings (SSSR count). The van der Waals surface area contributed by atoms with Crippen LogP contribution in [0.15, 0.2) is 18.3 Å². The van der Waals surface area contributed by atoms with Crippen molar-refractivity contribution in [3.05, 3.63) is 24.0 Å². The zero-order valence-corrected chi connectivity index (χ0v) is 14.5. The molecule has 1 aliphatic carbocycles. The molecule has 0 N–H and O–H groups in total. The molecule has 2 aliphatic heterocycles. The Bertz CT molecular complexity index is 616. The van der Waals surface area contributed by atoms with Crippen LogP contribution in [0.4, 0.5) is 0 Å². The zero-order chi connectivity index (χ0) is 16.6. The molecule has 1 atom stereocenters. The number of aromatic nitrogens is 1. The number of carbonyl (C=O) groups is 1. The molecular formula is C19H27N3O2. The van der Waals surface area contributed by atoms with Gasteiger partial charge in [0.25, 0.3) is 0 Å². The highest BCUT2D eigenvalue weighted by Gasteiger charge is 2.45. The van der Waals surface area contributed by atoms with Crippen molar-refractivity contribution in [2.45, 2.75) is 51.1 Å². The van der Waals surface area contributed by atoms with Gasteiger partial charge in [-0.25, -0.2) is 0 Å². The highest BCUT2D eigenvalue weighted by molar-refractivity contribution is 5.78. The topological polar surface area (TPSA) is 45.7 Å². The molecule has 1 saturated carbocycles. The summed E-state index contributed by atoms with van der Waals surface area (Å²) < 4.78 is 5.31. The van der Waals surface area contributed by atoms with Gasteiger partial charge in [0.1, 0.15) is 5.75 Å². The van der Waals surface area contributed by atoms with Crippen LogP contribution in [-0.2, 0) is 11.3 Å². The summed E-state index contributed by atoms with van der Waals surface area (Å²) in [7, 11) is 1.69. The van der Waals surface area contributed by atoms with Crippen molar-refractivity contribution in [1.82, 2.24) is 14.8 Å². The van der Waals surface area contributed by atoms with Crippen LogP contribution in [0, 0.1) is 5.41 Å². The summed E-state index contributed by atoms with van der Waals surface area (Å²) in [4.78, 5) is 21.4. The Hall–Kier alpha value is -1.62. The van der Waals surface area contributed by atoms with E-state index in [0.717, 1.165) is 50.5 Å². The van der Waals surface area contributed by atoms with Gasteiger partial charge >= 0.3 is 0 Å². The summed E-state index contributed by atoms with van der Waals surface area (Å²) >= 11 is 0. The molecule has 0 radical (unpaired) electrons. The van der Waals surface area contributed by atoms with Gasteiger partial charge in [-0.15, -0.1) is 0 Å². The number of amides is 1. The third kappa shape index (κ3) is 3.27. The maximum atomic E-state index is 12.2. The van der Waals surface area contributed by atoms with E-state index in [1.165, 1.54) is 25.7 Å². The molecular weight excluding hydrogens is 302 g/mol. The molecule has 1 aromatic heterocycles. The van der Waals surface area contributed by atoms with Gasteiger partial charge in [0, 0.05) is 49.8 Å². The van der Waals surface area contributed by atoms with Gasteiger partial charge in [0.05, 0.1) is 12.8 Å². The van der Waals surface area contributed by atoms with Crippen LogP contribution < -0.4 is 4.74 Å². The summed E-state index contributed by atoms with van der Waals surface area (Å²) in [6.45, 7) is 4.05. The van der Waals surface area contributed by atoms with E-state index in [-0.39, 0.29) is 0 Å². The molecule has 3 fully saturated rings. The summed E-state index contributed by atoms with van der Waals surface area (Å²) in [5.74, 6) is 1.25. The van der Waals surface area contributed by atoms with Crippen molar-refractivity contribution in [3.8, 4) is 5.75 Å². The van der Waals surface area contributed by atoms with Crippen LogP contribution in [0.25, 0.3) is 0 Å². The number of nitrogens with zero attached hydrogens (tertiary/aromatic N) is 3. The maximum absolute atomic E-state index is 12.2. The van der Waals surface area contributed by atoms with Gasteiger partial charge in [-0.2, -0.15) is 0 Å². The molecule has 130 valence electrons. The lowest BCUT2D eigenvalue weighted by Crippen LogP contribution is -2.54. The molecule has 1 aromatic rings. The second-order valence-corrected chi connectivity index (χ2v) is 7.75. The Kier molecular flexibility index (Phi) is 4.21. The van der Waals surface area contributed by atoms with Gasteiger partial charge in [-0.05, 0) is 44.7 Å². The number of piperidine rings is 2. The van der Waals surface area contributed by atoms with E-state index < -0.39 is 0 Å². The Morgan fingerprint density at radius 1 is 1.33 bits per heavy atom. The van der Waals surface area contributed by atoms with Crippen LogP contribution in [-0.4, -0.2) is 53.5 Å². The Labute approximate surface area is 144 Å². The van der Waals surface area contributed by atoms with Crippen molar-refractivity contribution in [3.63, 3.8) is 0 Å². The second kappa shape index (κ2) is 6.36. The number of methoxy groups -OCH3 is 1. The van der Waals surface area contributed by atoms with Crippen molar-refractivity contribution in [2.75, 3.05) is 26.7 Å². The Balaban J connectivity index is 1.44. The van der Waals surface area contributed by atoms with Crippen LogP contribution in [0.1, 0.15) is 44.2 Å². The molecule has 1 amide bonds. The van der Waals surface area contributed by atoms with Crippen molar-refractivity contribution in [1.29, 1.82) is 0 Å². The van der Waals surface area contributed by atoms with Gasteiger partial charge in [-0.1, -0.05) is 0 Å². The average Bonchev–Trinajstić information content (AvgIpc) is 3.43. The van der Waals surface area contributed by atoms with E-state index >= 15 is 0 Å². The number of carbonyl (C=O) groups excluding carboxylic acids is 1. The summed E-state index contributed by atoms with van der Waals surface area (Å²) in [5, 5.41) is 0. The van der Waals surface area contributed by atoms with E-state index in [4.69, 9.17) is 4.74 Å². The molecule has 1 unspecified atom stereocenters. The third-order valence-electron chi connectivity index (χ3n) is 5.83. The van der Waals surface area contributed by atoms with Crippen molar-refractivity contribution < 1.29 is 9.53 Å². The zero-order valence-electron chi connectivity index (χ0n) is 14.5. The molecule has 0 aromatic carbocycles. The quantitative estimate of drug-likeness (QED) is 0.851. The molecule has 1 spiro atoms. The minimum Gasteiger partial charge on any atom is -0.497 e. The summed E-state index contributed by atoms with van der Waals surface area (Å²) in [6, 6.07) is 4.47. The number of hydrogen-bond donors (Lipinski definition) is 0. The summed E-state index contributed by atoms with van der Waals surface area (Å²) in [5.41, 5.74) is 1.37.